The minimum Gasteiger partial charge on any atom is -0.378 e. The van der Waals surface area contributed by atoms with Gasteiger partial charge in [-0.25, -0.2) is 13.2 Å². The van der Waals surface area contributed by atoms with E-state index in [1.54, 1.807) is 12.1 Å². The molecule has 138 valence electrons. The molecule has 8 heteroatoms. The molecule has 1 heterocycles. The second-order valence-electron chi connectivity index (χ2n) is 5.77. The average molecular weight is 365 g/mol. The van der Waals surface area contributed by atoms with E-state index in [4.69, 9.17) is 4.74 Å². The number of nitrogens with one attached hydrogen (secondary N) is 2. The van der Waals surface area contributed by atoms with Gasteiger partial charge >= 0.3 is 0 Å². The number of rotatable bonds is 5. The van der Waals surface area contributed by atoms with E-state index in [0.717, 1.165) is 30.9 Å². The van der Waals surface area contributed by atoms with Gasteiger partial charge in [-0.15, -0.1) is 0 Å². The van der Waals surface area contributed by atoms with Crippen LogP contribution in [0.5, 0.6) is 0 Å². The lowest BCUT2D eigenvalue weighted by Crippen LogP contribution is -2.36. The van der Waals surface area contributed by atoms with Crippen LogP contribution in [0, 0.1) is 17.5 Å². The minimum atomic E-state index is -1.57. The second-order valence-corrected chi connectivity index (χ2v) is 5.77. The molecular weight excluding hydrogens is 347 g/mol. The van der Waals surface area contributed by atoms with Crippen molar-refractivity contribution in [2.24, 2.45) is 0 Å². The third-order valence-corrected chi connectivity index (χ3v) is 4.00. The zero-order chi connectivity index (χ0) is 18.5. The molecule has 26 heavy (non-hydrogen) atoms. The summed E-state index contributed by atoms with van der Waals surface area (Å²) in [6, 6.07) is 9.15. The Bertz CT molecular complexity index is 778. The Kier molecular flexibility index (Phi) is 5.62. The summed E-state index contributed by atoms with van der Waals surface area (Å²) < 4.78 is 44.9. The highest BCUT2D eigenvalue weighted by molar-refractivity contribution is 5.93. The first-order chi connectivity index (χ1) is 12.5. The van der Waals surface area contributed by atoms with Gasteiger partial charge in [-0.1, -0.05) is 0 Å². The summed E-state index contributed by atoms with van der Waals surface area (Å²) in [5.41, 5.74) is 1.34. The molecule has 0 saturated carbocycles. The van der Waals surface area contributed by atoms with Crippen LogP contribution in [0.25, 0.3) is 0 Å². The predicted molar refractivity (Wildman–Crippen MR) is 92.9 cm³/mol. The largest absolute Gasteiger partial charge is 0.378 e. The third kappa shape index (κ3) is 4.26. The molecule has 1 saturated heterocycles. The highest BCUT2D eigenvalue weighted by Crippen LogP contribution is 2.20. The molecule has 3 rings (SSSR count). The highest BCUT2D eigenvalue weighted by atomic mass is 19.2. The number of carbonyl (C=O) groups is 1. The van der Waals surface area contributed by atoms with Gasteiger partial charge in [-0.05, 0) is 36.4 Å². The van der Waals surface area contributed by atoms with E-state index >= 15 is 0 Å². The molecule has 0 radical (unpaired) electrons. The number of ether oxygens (including phenoxy) is 1. The average Bonchev–Trinajstić information content (AvgIpc) is 2.67. The molecule has 2 aromatic rings. The molecule has 2 aromatic carbocycles. The lowest BCUT2D eigenvalue weighted by atomic mass is 10.2. The molecule has 1 fully saturated rings. The van der Waals surface area contributed by atoms with E-state index in [-0.39, 0.29) is 12.2 Å². The number of hydrogen-bond donors (Lipinski definition) is 2. The Hall–Kier alpha value is -2.74. The Balaban J connectivity index is 1.54. The Morgan fingerprint density at radius 2 is 1.69 bits per heavy atom. The van der Waals surface area contributed by atoms with Gasteiger partial charge in [0.25, 0.3) is 0 Å². The smallest absolute Gasteiger partial charge is 0.243 e. The van der Waals surface area contributed by atoms with Crippen LogP contribution in [0.4, 0.5) is 30.2 Å². The molecule has 2 N–H and O–H groups in total. The molecule has 5 nitrogen and oxygen atoms in total. The Morgan fingerprint density at radius 3 is 2.38 bits per heavy atom. The number of nitrogens with zero attached hydrogens (tertiary/aromatic N) is 1. The number of anilines is 3. The maximum atomic E-state index is 13.5. The van der Waals surface area contributed by atoms with E-state index in [0.29, 0.717) is 18.9 Å². The minimum absolute atomic E-state index is 0.276. The summed E-state index contributed by atoms with van der Waals surface area (Å²) in [7, 11) is 0. The second kappa shape index (κ2) is 8.09. The number of halogens is 3. The van der Waals surface area contributed by atoms with Gasteiger partial charge in [-0.3, -0.25) is 4.79 Å². The van der Waals surface area contributed by atoms with Crippen molar-refractivity contribution >= 4 is 23.0 Å². The number of benzene rings is 2. The summed E-state index contributed by atoms with van der Waals surface area (Å²) in [6.07, 6.45) is 0. The van der Waals surface area contributed by atoms with Crippen molar-refractivity contribution in [2.45, 2.75) is 0 Å². The van der Waals surface area contributed by atoms with Crippen LogP contribution in [0.15, 0.2) is 36.4 Å². The van der Waals surface area contributed by atoms with Crippen LogP contribution in [-0.4, -0.2) is 38.8 Å². The van der Waals surface area contributed by atoms with Crippen LogP contribution in [0.1, 0.15) is 0 Å². The summed E-state index contributed by atoms with van der Waals surface area (Å²) >= 11 is 0. The van der Waals surface area contributed by atoms with Gasteiger partial charge in [0.05, 0.1) is 25.4 Å². The van der Waals surface area contributed by atoms with Gasteiger partial charge in [0.15, 0.2) is 17.5 Å². The first-order valence-corrected chi connectivity index (χ1v) is 8.14. The van der Waals surface area contributed by atoms with Crippen molar-refractivity contribution in [3.8, 4) is 0 Å². The van der Waals surface area contributed by atoms with Crippen LogP contribution >= 0.6 is 0 Å². The van der Waals surface area contributed by atoms with Gasteiger partial charge < -0.3 is 20.3 Å². The van der Waals surface area contributed by atoms with Crippen molar-refractivity contribution in [2.75, 3.05) is 48.4 Å². The van der Waals surface area contributed by atoms with Crippen molar-refractivity contribution in [1.82, 2.24) is 0 Å². The molecular formula is C18H18F3N3O2. The summed E-state index contributed by atoms with van der Waals surface area (Å²) in [5.74, 6) is -4.65. The van der Waals surface area contributed by atoms with E-state index in [1.165, 1.54) is 0 Å². The molecule has 1 aliphatic heterocycles. The van der Waals surface area contributed by atoms with E-state index in [1.807, 2.05) is 12.1 Å². The molecule has 1 aliphatic rings. The van der Waals surface area contributed by atoms with E-state index < -0.39 is 23.4 Å². The Morgan fingerprint density at radius 1 is 1.00 bits per heavy atom. The van der Waals surface area contributed by atoms with Crippen molar-refractivity contribution in [3.05, 3.63) is 53.8 Å². The van der Waals surface area contributed by atoms with Crippen molar-refractivity contribution < 1.29 is 22.7 Å². The molecule has 0 aliphatic carbocycles. The lowest BCUT2D eigenvalue weighted by molar-refractivity contribution is -0.114. The van der Waals surface area contributed by atoms with Gasteiger partial charge in [-0.2, -0.15) is 0 Å². The SMILES string of the molecule is O=C(CNc1ccc(F)c(F)c1F)Nc1ccc(N2CCOCC2)cc1. The monoisotopic (exact) mass is 365 g/mol. The summed E-state index contributed by atoms with van der Waals surface area (Å²) in [4.78, 5) is 14.1. The van der Waals surface area contributed by atoms with Crippen molar-refractivity contribution in [1.29, 1.82) is 0 Å². The fourth-order valence-electron chi connectivity index (χ4n) is 2.62. The summed E-state index contributed by atoms with van der Waals surface area (Å²) in [5, 5.41) is 5.10. The number of hydrogen-bond acceptors (Lipinski definition) is 4. The maximum Gasteiger partial charge on any atom is 0.243 e. The first-order valence-electron chi connectivity index (χ1n) is 8.14. The molecule has 0 aromatic heterocycles. The number of amides is 1. The number of morpholine rings is 1. The molecule has 0 spiro atoms. The zero-order valence-corrected chi connectivity index (χ0v) is 13.9. The predicted octanol–water partition coefficient (Wildman–Crippen LogP) is 2.99. The highest BCUT2D eigenvalue weighted by Gasteiger charge is 2.14. The van der Waals surface area contributed by atoms with Gasteiger partial charge in [0.2, 0.25) is 5.91 Å². The summed E-state index contributed by atoms with van der Waals surface area (Å²) in [6.45, 7) is 2.72. The fourth-order valence-corrected chi connectivity index (χ4v) is 2.62. The van der Waals surface area contributed by atoms with Crippen molar-refractivity contribution in [3.63, 3.8) is 0 Å². The van der Waals surface area contributed by atoms with Crippen LogP contribution < -0.4 is 15.5 Å². The topological polar surface area (TPSA) is 53.6 Å². The van der Waals surface area contributed by atoms with E-state index in [2.05, 4.69) is 15.5 Å². The quantitative estimate of drug-likeness (QED) is 0.800. The first kappa shape index (κ1) is 18.1. The van der Waals surface area contributed by atoms with Crippen LogP contribution in [0.3, 0.4) is 0 Å². The molecule has 0 atom stereocenters. The zero-order valence-electron chi connectivity index (χ0n) is 13.9. The molecule has 0 unspecified atom stereocenters. The maximum absolute atomic E-state index is 13.5. The standard InChI is InChI=1S/C18H18F3N3O2/c19-14-5-6-15(18(21)17(14)20)22-11-16(25)23-12-1-3-13(4-2-12)24-7-9-26-10-8-24/h1-6,22H,7-11H2,(H,23,25). The van der Waals surface area contributed by atoms with Crippen LogP contribution in [-0.2, 0) is 9.53 Å². The lowest BCUT2D eigenvalue weighted by Gasteiger charge is -2.28. The fraction of sp³-hybridized carbons (Fsp3) is 0.278. The Labute approximate surface area is 148 Å². The van der Waals surface area contributed by atoms with Crippen LogP contribution in [0.2, 0.25) is 0 Å². The number of carbonyl (C=O) groups excluding carboxylic acids is 1. The molecule has 1 amide bonds. The third-order valence-electron chi connectivity index (χ3n) is 4.00. The molecule has 0 bridgehead atoms. The normalized spacial score (nSPS) is 14.2. The van der Waals surface area contributed by atoms with Gasteiger partial charge in [0.1, 0.15) is 0 Å². The van der Waals surface area contributed by atoms with E-state index in [9.17, 15) is 18.0 Å². The van der Waals surface area contributed by atoms with Gasteiger partial charge in [0, 0.05) is 24.5 Å².